The van der Waals surface area contributed by atoms with E-state index in [-0.39, 0.29) is 37.3 Å². The van der Waals surface area contributed by atoms with Gasteiger partial charge in [0.05, 0.1) is 0 Å². The fraction of sp³-hybridized carbons (Fsp3) is 0.647. The molecule has 2 rings (SSSR count). The number of aliphatic hydroxyl groups is 1. The van der Waals surface area contributed by atoms with E-state index in [0.29, 0.717) is 17.6 Å². The number of nitrogens with zero attached hydrogens (tertiary/aromatic N) is 1. The van der Waals surface area contributed by atoms with Crippen LogP contribution in [0, 0.1) is 16.7 Å². The highest BCUT2D eigenvalue weighted by molar-refractivity contribution is 7.38. The average Bonchev–Trinajstić information content (AvgIpc) is 2.51. The van der Waals surface area contributed by atoms with Gasteiger partial charge in [0.25, 0.3) is 0 Å². The molecule has 142 valence electrons. The maximum atomic E-state index is 12.0. The molecule has 0 bridgehead atoms. The van der Waals surface area contributed by atoms with Crippen molar-refractivity contribution in [2.24, 2.45) is 11.8 Å². The normalized spacial score (nSPS) is 22.7. The molecule has 0 radical (unpaired) electrons. The molecule has 1 aliphatic carbocycles. The molecule has 1 aromatic rings. The topological polar surface area (TPSA) is 77.6 Å². The molecular formula is C17H27Cl2NO4P+. The zero-order valence-electron chi connectivity index (χ0n) is 14.1. The molecule has 0 aromatic heterocycles. The Morgan fingerprint density at radius 1 is 1.20 bits per heavy atom. The van der Waals surface area contributed by atoms with Crippen molar-refractivity contribution < 1.29 is 19.3 Å². The van der Waals surface area contributed by atoms with E-state index in [0.717, 1.165) is 36.0 Å². The van der Waals surface area contributed by atoms with Gasteiger partial charge < -0.3 is 10.00 Å². The van der Waals surface area contributed by atoms with Gasteiger partial charge in [0, 0.05) is 26.4 Å². The summed E-state index contributed by atoms with van der Waals surface area (Å²) < 4.78 is 12.0. The number of benzene rings is 1. The highest BCUT2D eigenvalue weighted by atomic mass is 35.5. The first-order chi connectivity index (χ1) is 11.4. The molecule has 1 fully saturated rings. The van der Waals surface area contributed by atoms with Crippen LogP contribution in [-0.2, 0) is 11.1 Å². The van der Waals surface area contributed by atoms with Crippen molar-refractivity contribution in [3.63, 3.8) is 0 Å². The Kier molecular flexibility index (Phi) is 10.2. The molecule has 2 N–H and O–H groups in total. The van der Waals surface area contributed by atoms with E-state index in [1.54, 1.807) is 24.3 Å². The third-order valence-electron chi connectivity index (χ3n) is 4.76. The van der Waals surface area contributed by atoms with Crippen molar-refractivity contribution in [2.45, 2.75) is 44.8 Å². The minimum Gasteiger partial charge on any atom is -0.386 e. The lowest BCUT2D eigenvalue weighted by Crippen LogP contribution is -2.30. The van der Waals surface area contributed by atoms with Crippen LogP contribution in [0.3, 0.4) is 0 Å². The van der Waals surface area contributed by atoms with Gasteiger partial charge in [-0.25, -0.2) is 0 Å². The zero-order chi connectivity index (χ0) is 17.5. The molecule has 0 amide bonds. The number of hydrogen-bond donors (Lipinski definition) is 2. The van der Waals surface area contributed by atoms with E-state index in [4.69, 9.17) is 11.6 Å². The van der Waals surface area contributed by atoms with Crippen molar-refractivity contribution in [2.75, 3.05) is 12.7 Å². The summed E-state index contributed by atoms with van der Waals surface area (Å²) in [6, 6.07) is 7.08. The maximum Gasteiger partial charge on any atom is 0.218 e. The van der Waals surface area contributed by atoms with Gasteiger partial charge in [0.15, 0.2) is 8.03 Å². The summed E-state index contributed by atoms with van der Waals surface area (Å²) in [5, 5.41) is 10.9. The lowest BCUT2D eigenvalue weighted by molar-refractivity contribution is -0.572. The number of aliphatic hydroxyl groups excluding tert-OH is 1. The number of halogens is 2. The lowest BCUT2D eigenvalue weighted by atomic mass is 9.77. The van der Waals surface area contributed by atoms with E-state index in [1.165, 1.54) is 0 Å². The van der Waals surface area contributed by atoms with Crippen molar-refractivity contribution in [1.82, 2.24) is 0 Å². The van der Waals surface area contributed by atoms with E-state index < -0.39 is 14.1 Å². The molecule has 5 nitrogen and oxygen atoms in total. The summed E-state index contributed by atoms with van der Waals surface area (Å²) in [7, 11) is -2.48. The quantitative estimate of drug-likeness (QED) is 0.500. The molecule has 1 aliphatic rings. The second kappa shape index (κ2) is 11.3. The molecule has 8 heteroatoms. The minimum atomic E-state index is -2.48. The Morgan fingerprint density at radius 3 is 2.40 bits per heavy atom. The van der Waals surface area contributed by atoms with Crippen LogP contribution in [0.25, 0.3) is 0 Å². The lowest BCUT2D eigenvalue weighted by Gasteiger charge is -2.31. The van der Waals surface area contributed by atoms with Crippen LogP contribution in [0.1, 0.15) is 37.7 Å². The van der Waals surface area contributed by atoms with Gasteiger partial charge in [0.2, 0.25) is 13.1 Å². The first-order valence-electron chi connectivity index (χ1n) is 8.50. The highest BCUT2D eigenvalue weighted by Gasteiger charge is 2.30. The van der Waals surface area contributed by atoms with Gasteiger partial charge >= 0.3 is 0 Å². The average molecular weight is 411 g/mol. The van der Waals surface area contributed by atoms with Crippen LogP contribution in [0.2, 0.25) is 5.02 Å². The third kappa shape index (κ3) is 8.19. The van der Waals surface area contributed by atoms with Crippen molar-refractivity contribution in [3.05, 3.63) is 39.8 Å². The minimum absolute atomic E-state index is 0. The largest absolute Gasteiger partial charge is 0.386 e. The van der Waals surface area contributed by atoms with Crippen LogP contribution in [0.4, 0.5) is 0 Å². The van der Waals surface area contributed by atoms with E-state index >= 15 is 0 Å². The van der Waals surface area contributed by atoms with Crippen LogP contribution < -0.4 is 0 Å². The second-order valence-electron chi connectivity index (χ2n) is 6.74. The summed E-state index contributed by atoms with van der Waals surface area (Å²) in [6.45, 7) is 0.271. The first kappa shape index (κ1) is 22.6. The number of rotatable bonds is 8. The predicted molar refractivity (Wildman–Crippen MR) is 103 cm³/mol. The Labute approximate surface area is 160 Å². The first-order valence-corrected chi connectivity index (χ1v) is 10.4. The number of nitroso groups, excluding NO2 is 1. The Hall–Kier alpha value is -0.450. The Balaban J connectivity index is 0.00000312. The fourth-order valence-corrected chi connectivity index (χ4v) is 4.72. The van der Waals surface area contributed by atoms with Gasteiger partial charge in [-0.1, -0.05) is 43.0 Å². The van der Waals surface area contributed by atoms with E-state index in [9.17, 15) is 19.5 Å². The Morgan fingerprint density at radius 2 is 1.80 bits per heavy atom. The molecule has 25 heavy (non-hydrogen) atoms. The van der Waals surface area contributed by atoms with Crippen LogP contribution >= 0.6 is 32.0 Å². The molecule has 0 heterocycles. The smallest absolute Gasteiger partial charge is 0.218 e. The summed E-state index contributed by atoms with van der Waals surface area (Å²) in [5.74, 6) is 0.430. The third-order valence-corrected chi connectivity index (χ3v) is 5.89. The monoisotopic (exact) mass is 410 g/mol. The van der Waals surface area contributed by atoms with Gasteiger partial charge in [-0.05, 0) is 36.8 Å². The molecule has 0 spiro atoms. The summed E-state index contributed by atoms with van der Waals surface area (Å²) in [5.41, 5.74) is 0.857. The van der Waals surface area contributed by atoms with Gasteiger partial charge in [-0.3, -0.25) is 4.57 Å². The van der Waals surface area contributed by atoms with Gasteiger partial charge in [-0.15, -0.1) is 12.4 Å². The van der Waals surface area contributed by atoms with Crippen molar-refractivity contribution in [1.29, 1.82) is 0 Å². The Bertz CT molecular complexity index is 570. The van der Waals surface area contributed by atoms with E-state index in [1.807, 2.05) is 0 Å². The van der Waals surface area contributed by atoms with Crippen molar-refractivity contribution in [3.8, 4) is 0 Å². The molecular weight excluding hydrogens is 384 g/mol. The number of hydrogen-bond acceptors (Lipinski definition) is 3. The van der Waals surface area contributed by atoms with Crippen LogP contribution in [-0.4, -0.2) is 33.6 Å². The van der Waals surface area contributed by atoms with E-state index in [2.05, 4.69) is 0 Å². The highest BCUT2D eigenvalue weighted by Crippen LogP contribution is 2.37. The predicted octanol–water partition coefficient (Wildman–Crippen LogP) is 4.07. The molecule has 0 saturated heterocycles. The van der Waals surface area contributed by atoms with Gasteiger partial charge in [0.1, 0.15) is 6.10 Å². The van der Waals surface area contributed by atoms with Crippen LogP contribution in [0.5, 0.6) is 0 Å². The molecule has 4 atom stereocenters. The SMILES string of the molecule is Cl.O=[N+](Cc1ccc(Cl)cc1)CC(O)C[C@@H]1CCCCC1C[PH](=O)O. The van der Waals surface area contributed by atoms with Crippen LogP contribution in [0.15, 0.2) is 24.3 Å². The molecule has 1 saturated carbocycles. The standard InChI is InChI=1S/C17H25ClNO4P.ClH/c18-16-7-5-13(6-8-16)10-19(21)11-17(20)9-14-3-1-2-4-15(14)12-24(22)23;/h5-8,14-15,17,20,24H,1-4,9-12H2;1H/p+1/t14-,15?,17?;/m0./s1. The summed E-state index contributed by atoms with van der Waals surface area (Å²) in [6.07, 6.45) is 4.24. The van der Waals surface area contributed by atoms with Gasteiger partial charge in [-0.2, -0.15) is 0 Å². The zero-order valence-corrected chi connectivity index (χ0v) is 16.7. The molecule has 1 aromatic carbocycles. The molecule has 0 aliphatic heterocycles. The maximum absolute atomic E-state index is 12.0. The summed E-state index contributed by atoms with van der Waals surface area (Å²) >= 11 is 5.82. The molecule has 3 unspecified atom stereocenters. The fourth-order valence-electron chi connectivity index (χ4n) is 3.60. The van der Waals surface area contributed by atoms with Crippen molar-refractivity contribution >= 4 is 32.0 Å². The second-order valence-corrected chi connectivity index (χ2v) is 8.37. The summed E-state index contributed by atoms with van der Waals surface area (Å²) in [4.78, 5) is 21.2.